The topological polar surface area (TPSA) is 71.8 Å². The van der Waals surface area contributed by atoms with E-state index < -0.39 is 6.10 Å². The molecule has 1 saturated carbocycles. The lowest BCUT2D eigenvalue weighted by Crippen LogP contribution is -2.42. The second-order valence-electron chi connectivity index (χ2n) is 8.99. The van der Waals surface area contributed by atoms with Gasteiger partial charge in [-0.25, -0.2) is 4.79 Å². The van der Waals surface area contributed by atoms with Gasteiger partial charge < -0.3 is 19.4 Å². The van der Waals surface area contributed by atoms with E-state index in [2.05, 4.69) is 10.2 Å². The zero-order valence-corrected chi connectivity index (χ0v) is 18.2. The molecule has 1 aliphatic carbocycles. The number of likely N-dealkylation sites (tertiary alicyclic amines) is 1. The molecule has 1 amide bonds. The summed E-state index contributed by atoms with van der Waals surface area (Å²) in [5, 5.41) is 3.93. The molecule has 162 valence electrons. The molecule has 6 nitrogen and oxygen atoms in total. The van der Waals surface area contributed by atoms with Crippen LogP contribution in [-0.4, -0.2) is 43.1 Å². The van der Waals surface area contributed by atoms with Gasteiger partial charge in [0.2, 0.25) is 0 Å². The van der Waals surface area contributed by atoms with E-state index in [-0.39, 0.29) is 11.5 Å². The first-order chi connectivity index (χ1) is 14.4. The molecule has 1 aliphatic heterocycles. The van der Waals surface area contributed by atoms with Crippen molar-refractivity contribution in [2.75, 3.05) is 26.2 Å². The Balaban J connectivity index is 1.28. The molecule has 30 heavy (non-hydrogen) atoms. The van der Waals surface area contributed by atoms with Crippen LogP contribution in [0.5, 0.6) is 5.75 Å². The van der Waals surface area contributed by atoms with Crippen molar-refractivity contribution in [3.8, 4) is 5.75 Å². The van der Waals surface area contributed by atoms with E-state index in [1.54, 1.807) is 19.9 Å². The number of fused-ring (bicyclic) bond motifs is 1. The van der Waals surface area contributed by atoms with Gasteiger partial charge in [-0.3, -0.25) is 4.79 Å². The minimum atomic E-state index is -0.615. The lowest BCUT2D eigenvalue weighted by molar-refractivity contribution is -0.127. The number of nitrogens with zero attached hydrogens (tertiary/aromatic N) is 1. The maximum absolute atomic E-state index is 12.5. The van der Waals surface area contributed by atoms with E-state index in [4.69, 9.17) is 9.15 Å². The summed E-state index contributed by atoms with van der Waals surface area (Å²) in [7, 11) is 0. The minimum Gasteiger partial charge on any atom is -0.481 e. The standard InChI is InChI=1S/C24H32N2O4/c1-15-16(2)24(28)30-22-12-20(6-7-21(15)22)29-17(3)23(27)25-13-18-8-10-26(11-9-18)14-19-4-5-19/h6-7,12,17-19H,4-5,8-11,13-14H2,1-3H3,(H,25,27). The van der Waals surface area contributed by atoms with Crippen molar-refractivity contribution in [3.05, 3.63) is 39.7 Å². The third kappa shape index (κ3) is 4.86. The number of benzene rings is 1. The molecule has 1 aromatic heterocycles. The number of carbonyl (C=O) groups is 1. The Labute approximate surface area is 177 Å². The Bertz CT molecular complexity index is 971. The van der Waals surface area contributed by atoms with Crippen LogP contribution in [0.25, 0.3) is 11.0 Å². The van der Waals surface area contributed by atoms with Crippen molar-refractivity contribution in [3.63, 3.8) is 0 Å². The second-order valence-corrected chi connectivity index (χ2v) is 8.99. The molecule has 0 radical (unpaired) electrons. The number of hydrogen-bond donors (Lipinski definition) is 1. The van der Waals surface area contributed by atoms with Crippen molar-refractivity contribution in [2.45, 2.75) is 52.6 Å². The molecule has 1 unspecified atom stereocenters. The summed E-state index contributed by atoms with van der Waals surface area (Å²) in [6, 6.07) is 5.37. The van der Waals surface area contributed by atoms with Gasteiger partial charge in [-0.15, -0.1) is 0 Å². The predicted molar refractivity (Wildman–Crippen MR) is 117 cm³/mol. The first-order valence-electron chi connectivity index (χ1n) is 11.1. The number of nitrogens with one attached hydrogen (secondary N) is 1. The highest BCUT2D eigenvalue weighted by molar-refractivity contribution is 5.83. The molecule has 2 heterocycles. The summed E-state index contributed by atoms with van der Waals surface area (Å²) in [6.07, 6.45) is 4.47. The summed E-state index contributed by atoms with van der Waals surface area (Å²) in [5.41, 5.74) is 1.65. The number of rotatable bonds is 7. The van der Waals surface area contributed by atoms with Crippen molar-refractivity contribution in [2.24, 2.45) is 11.8 Å². The van der Waals surface area contributed by atoms with Crippen molar-refractivity contribution >= 4 is 16.9 Å². The highest BCUT2D eigenvalue weighted by Crippen LogP contribution is 2.31. The van der Waals surface area contributed by atoms with Crippen LogP contribution in [0.1, 0.15) is 43.7 Å². The van der Waals surface area contributed by atoms with E-state index in [1.165, 1.54) is 19.4 Å². The third-order valence-corrected chi connectivity index (χ3v) is 6.60. The third-order valence-electron chi connectivity index (χ3n) is 6.60. The summed E-state index contributed by atoms with van der Waals surface area (Å²) >= 11 is 0. The van der Waals surface area contributed by atoms with E-state index in [0.717, 1.165) is 42.8 Å². The van der Waals surface area contributed by atoms with Gasteiger partial charge in [0.05, 0.1) is 0 Å². The van der Waals surface area contributed by atoms with Crippen molar-refractivity contribution < 1.29 is 13.9 Å². The number of amides is 1. The largest absolute Gasteiger partial charge is 0.481 e. The van der Waals surface area contributed by atoms with Gasteiger partial charge in [-0.05, 0) is 89.1 Å². The van der Waals surface area contributed by atoms with Crippen molar-refractivity contribution in [1.29, 1.82) is 0 Å². The van der Waals surface area contributed by atoms with Gasteiger partial charge in [0, 0.05) is 30.1 Å². The van der Waals surface area contributed by atoms with Crippen LogP contribution in [-0.2, 0) is 4.79 Å². The van der Waals surface area contributed by atoms with E-state index in [1.807, 2.05) is 19.1 Å². The maximum Gasteiger partial charge on any atom is 0.339 e. The number of ether oxygens (including phenoxy) is 1. The normalized spacial score (nSPS) is 19.0. The first kappa shape index (κ1) is 20.9. The molecule has 0 bridgehead atoms. The van der Waals surface area contributed by atoms with Crippen LogP contribution in [0.15, 0.2) is 27.4 Å². The highest BCUT2D eigenvalue weighted by atomic mass is 16.5. The van der Waals surface area contributed by atoms with Crippen LogP contribution < -0.4 is 15.7 Å². The summed E-state index contributed by atoms with van der Waals surface area (Å²) in [6.45, 7) is 9.66. The number of hydrogen-bond acceptors (Lipinski definition) is 5. The lowest BCUT2D eigenvalue weighted by atomic mass is 9.96. The monoisotopic (exact) mass is 412 g/mol. The maximum atomic E-state index is 12.5. The molecular formula is C24H32N2O4. The van der Waals surface area contributed by atoms with Crippen LogP contribution >= 0.6 is 0 Å². The minimum absolute atomic E-state index is 0.114. The van der Waals surface area contributed by atoms with Gasteiger partial charge in [-0.2, -0.15) is 0 Å². The Hall–Kier alpha value is -2.34. The Morgan fingerprint density at radius 3 is 2.60 bits per heavy atom. The predicted octanol–water partition coefficient (Wildman–Crippen LogP) is 3.42. The number of piperidine rings is 1. The van der Waals surface area contributed by atoms with Gasteiger partial charge in [0.15, 0.2) is 6.10 Å². The Morgan fingerprint density at radius 1 is 1.17 bits per heavy atom. The molecule has 2 aliphatic rings. The molecule has 4 rings (SSSR count). The lowest BCUT2D eigenvalue weighted by Gasteiger charge is -2.32. The van der Waals surface area contributed by atoms with Gasteiger partial charge in [0.25, 0.3) is 5.91 Å². The molecular weight excluding hydrogens is 380 g/mol. The molecule has 1 N–H and O–H groups in total. The molecule has 6 heteroatoms. The van der Waals surface area contributed by atoms with Crippen LogP contribution in [0, 0.1) is 25.7 Å². The van der Waals surface area contributed by atoms with E-state index in [9.17, 15) is 9.59 Å². The number of aryl methyl sites for hydroxylation is 1. The first-order valence-corrected chi connectivity index (χ1v) is 11.1. The van der Waals surface area contributed by atoms with Gasteiger partial charge in [-0.1, -0.05) is 0 Å². The average molecular weight is 413 g/mol. The zero-order valence-electron chi connectivity index (χ0n) is 18.2. The highest BCUT2D eigenvalue weighted by Gasteiger charge is 2.27. The fraction of sp³-hybridized carbons (Fsp3) is 0.583. The van der Waals surface area contributed by atoms with Crippen LogP contribution in [0.3, 0.4) is 0 Å². The molecule has 1 aromatic carbocycles. The summed E-state index contributed by atoms with van der Waals surface area (Å²) in [5.74, 6) is 1.88. The smallest absolute Gasteiger partial charge is 0.339 e. The quantitative estimate of drug-likeness (QED) is 0.706. The Morgan fingerprint density at radius 2 is 1.90 bits per heavy atom. The van der Waals surface area contributed by atoms with Gasteiger partial charge >= 0.3 is 5.63 Å². The van der Waals surface area contributed by atoms with Gasteiger partial charge in [0.1, 0.15) is 11.3 Å². The Kier molecular flexibility index (Phi) is 6.14. The summed E-state index contributed by atoms with van der Waals surface area (Å²) in [4.78, 5) is 27.0. The molecule has 0 spiro atoms. The SMILES string of the molecule is Cc1c(C)c2ccc(OC(C)C(=O)NCC3CCN(CC4CC4)CC3)cc2oc1=O. The molecule has 1 atom stereocenters. The molecule has 1 saturated heterocycles. The van der Waals surface area contributed by atoms with E-state index >= 15 is 0 Å². The van der Waals surface area contributed by atoms with E-state index in [0.29, 0.717) is 29.4 Å². The number of carbonyl (C=O) groups excluding carboxylic acids is 1. The fourth-order valence-electron chi connectivity index (χ4n) is 4.19. The molecule has 2 aromatic rings. The van der Waals surface area contributed by atoms with Crippen molar-refractivity contribution in [1.82, 2.24) is 10.2 Å². The average Bonchev–Trinajstić information content (AvgIpc) is 3.55. The van der Waals surface area contributed by atoms with Crippen LogP contribution in [0.2, 0.25) is 0 Å². The second kappa shape index (κ2) is 8.80. The van der Waals surface area contributed by atoms with Crippen LogP contribution in [0.4, 0.5) is 0 Å². The fourth-order valence-corrected chi connectivity index (χ4v) is 4.19. The summed E-state index contributed by atoms with van der Waals surface area (Å²) < 4.78 is 11.2. The molecule has 2 fully saturated rings. The zero-order chi connectivity index (χ0) is 21.3.